The van der Waals surface area contributed by atoms with Gasteiger partial charge in [0.25, 0.3) is 5.91 Å². The standard InChI is InChI=1S/C22H28N4O5/c1-29-17-11-16(12-18(30-2)21(17)31-3)22(28)25-14-20(27)24-13-15-6-7-23-19(10-15)26-8-4-5-9-26/h6-7,10-12H,4-5,8-9,13-14H2,1-3H3,(H,24,27)(H,25,28). The largest absolute Gasteiger partial charge is 0.493 e. The van der Waals surface area contributed by atoms with E-state index in [1.165, 1.54) is 46.3 Å². The van der Waals surface area contributed by atoms with Crippen LogP contribution in [-0.4, -0.2) is 57.8 Å². The molecule has 1 aromatic heterocycles. The number of methoxy groups -OCH3 is 3. The quantitative estimate of drug-likeness (QED) is 0.627. The van der Waals surface area contributed by atoms with E-state index in [9.17, 15) is 9.59 Å². The molecular weight excluding hydrogens is 400 g/mol. The molecule has 0 bridgehead atoms. The van der Waals surface area contributed by atoms with Crippen LogP contribution in [0.1, 0.15) is 28.8 Å². The summed E-state index contributed by atoms with van der Waals surface area (Å²) in [4.78, 5) is 31.4. The molecule has 1 fully saturated rings. The van der Waals surface area contributed by atoms with Crippen molar-refractivity contribution in [3.05, 3.63) is 41.6 Å². The smallest absolute Gasteiger partial charge is 0.251 e. The molecule has 166 valence electrons. The number of hydrogen-bond acceptors (Lipinski definition) is 7. The monoisotopic (exact) mass is 428 g/mol. The highest BCUT2D eigenvalue weighted by molar-refractivity contribution is 5.97. The van der Waals surface area contributed by atoms with Gasteiger partial charge in [0.1, 0.15) is 5.82 Å². The van der Waals surface area contributed by atoms with Crippen molar-refractivity contribution in [1.29, 1.82) is 0 Å². The van der Waals surface area contributed by atoms with Crippen molar-refractivity contribution in [1.82, 2.24) is 15.6 Å². The van der Waals surface area contributed by atoms with Crippen LogP contribution < -0.4 is 29.7 Å². The van der Waals surface area contributed by atoms with Crippen molar-refractivity contribution >= 4 is 17.6 Å². The number of benzene rings is 1. The molecule has 1 aliphatic rings. The minimum Gasteiger partial charge on any atom is -0.493 e. The number of pyridine rings is 1. The number of rotatable bonds is 9. The molecule has 0 aliphatic carbocycles. The van der Waals surface area contributed by atoms with Gasteiger partial charge in [-0.1, -0.05) is 0 Å². The molecule has 0 atom stereocenters. The van der Waals surface area contributed by atoms with Crippen LogP contribution >= 0.6 is 0 Å². The molecule has 9 heteroatoms. The Morgan fingerprint density at radius 3 is 2.29 bits per heavy atom. The van der Waals surface area contributed by atoms with Gasteiger partial charge in [0, 0.05) is 31.4 Å². The van der Waals surface area contributed by atoms with E-state index in [2.05, 4.69) is 20.5 Å². The summed E-state index contributed by atoms with van der Waals surface area (Å²) in [5, 5.41) is 5.43. The summed E-state index contributed by atoms with van der Waals surface area (Å²) in [6.45, 7) is 2.23. The molecule has 2 N–H and O–H groups in total. The molecule has 31 heavy (non-hydrogen) atoms. The third kappa shape index (κ3) is 5.56. The molecule has 0 unspecified atom stereocenters. The van der Waals surface area contributed by atoms with Crippen molar-refractivity contribution in [3.63, 3.8) is 0 Å². The SMILES string of the molecule is COc1cc(C(=O)NCC(=O)NCc2ccnc(N3CCCC3)c2)cc(OC)c1OC. The van der Waals surface area contributed by atoms with Gasteiger partial charge in [0.15, 0.2) is 11.5 Å². The fraction of sp³-hybridized carbons (Fsp3) is 0.409. The van der Waals surface area contributed by atoms with Crippen LogP contribution in [0.4, 0.5) is 5.82 Å². The first-order valence-corrected chi connectivity index (χ1v) is 10.1. The zero-order chi connectivity index (χ0) is 22.2. The molecule has 2 amide bonds. The van der Waals surface area contributed by atoms with Crippen molar-refractivity contribution < 1.29 is 23.8 Å². The maximum absolute atomic E-state index is 12.5. The molecule has 0 spiro atoms. The van der Waals surface area contributed by atoms with Gasteiger partial charge in [0.2, 0.25) is 11.7 Å². The number of anilines is 1. The van der Waals surface area contributed by atoms with Crippen molar-refractivity contribution in [2.45, 2.75) is 19.4 Å². The molecule has 1 aliphatic heterocycles. The number of nitrogens with zero attached hydrogens (tertiary/aromatic N) is 2. The Balaban J connectivity index is 1.54. The van der Waals surface area contributed by atoms with Crippen LogP contribution in [0.5, 0.6) is 17.2 Å². The molecule has 3 rings (SSSR count). The number of carbonyl (C=O) groups is 2. The lowest BCUT2D eigenvalue weighted by Gasteiger charge is -2.17. The van der Waals surface area contributed by atoms with E-state index in [-0.39, 0.29) is 12.5 Å². The van der Waals surface area contributed by atoms with Gasteiger partial charge < -0.3 is 29.7 Å². The van der Waals surface area contributed by atoms with E-state index >= 15 is 0 Å². The van der Waals surface area contributed by atoms with E-state index in [1.54, 1.807) is 6.20 Å². The fourth-order valence-corrected chi connectivity index (χ4v) is 3.43. The summed E-state index contributed by atoms with van der Waals surface area (Å²) in [5.41, 5.74) is 1.26. The number of nitrogens with one attached hydrogen (secondary N) is 2. The molecule has 2 aromatic rings. The van der Waals surface area contributed by atoms with Crippen LogP contribution in [0.2, 0.25) is 0 Å². The molecule has 9 nitrogen and oxygen atoms in total. The van der Waals surface area contributed by atoms with Crippen LogP contribution in [0.25, 0.3) is 0 Å². The van der Waals surface area contributed by atoms with Crippen LogP contribution in [0.3, 0.4) is 0 Å². The Labute approximate surface area is 181 Å². The van der Waals surface area contributed by atoms with Crippen molar-refractivity contribution in [2.24, 2.45) is 0 Å². The first-order valence-electron chi connectivity index (χ1n) is 10.1. The van der Waals surface area contributed by atoms with E-state index < -0.39 is 5.91 Å². The predicted molar refractivity (Wildman–Crippen MR) is 116 cm³/mol. The van der Waals surface area contributed by atoms with Gasteiger partial charge in [-0.3, -0.25) is 9.59 Å². The summed E-state index contributed by atoms with van der Waals surface area (Å²) >= 11 is 0. The van der Waals surface area contributed by atoms with Crippen molar-refractivity contribution in [3.8, 4) is 17.2 Å². The number of ether oxygens (including phenoxy) is 3. The lowest BCUT2D eigenvalue weighted by molar-refractivity contribution is -0.120. The Morgan fingerprint density at radius 2 is 1.68 bits per heavy atom. The Bertz CT molecular complexity index is 903. The average molecular weight is 428 g/mol. The summed E-state index contributed by atoms with van der Waals surface area (Å²) < 4.78 is 15.8. The van der Waals surface area contributed by atoms with Gasteiger partial charge in [-0.2, -0.15) is 0 Å². The van der Waals surface area contributed by atoms with Gasteiger partial charge in [-0.15, -0.1) is 0 Å². The lowest BCUT2D eigenvalue weighted by atomic mass is 10.1. The highest BCUT2D eigenvalue weighted by Crippen LogP contribution is 2.38. The maximum atomic E-state index is 12.5. The minimum absolute atomic E-state index is 0.153. The zero-order valence-electron chi connectivity index (χ0n) is 18.1. The number of carbonyl (C=O) groups excluding carboxylic acids is 2. The summed E-state index contributed by atoms with van der Waals surface area (Å²) in [6.07, 6.45) is 4.10. The summed E-state index contributed by atoms with van der Waals surface area (Å²) in [7, 11) is 4.43. The second-order valence-corrected chi connectivity index (χ2v) is 7.09. The topological polar surface area (TPSA) is 102 Å². The summed E-state index contributed by atoms with van der Waals surface area (Å²) in [5.74, 6) is 1.34. The Morgan fingerprint density at radius 1 is 1.00 bits per heavy atom. The predicted octanol–water partition coefficient (Wildman–Crippen LogP) is 1.75. The van der Waals surface area contributed by atoms with Gasteiger partial charge >= 0.3 is 0 Å². The van der Waals surface area contributed by atoms with Crippen LogP contribution in [0, 0.1) is 0 Å². The fourth-order valence-electron chi connectivity index (χ4n) is 3.43. The molecule has 2 heterocycles. The Hall–Kier alpha value is -3.49. The van der Waals surface area contributed by atoms with Crippen molar-refractivity contribution in [2.75, 3.05) is 45.9 Å². The number of hydrogen-bond donors (Lipinski definition) is 2. The van der Waals surface area contributed by atoms with Gasteiger partial charge in [0.05, 0.1) is 27.9 Å². The number of amides is 2. The van der Waals surface area contributed by atoms with E-state index in [0.29, 0.717) is 29.4 Å². The third-order valence-electron chi connectivity index (χ3n) is 5.07. The summed E-state index contributed by atoms with van der Waals surface area (Å²) in [6, 6.07) is 6.92. The molecule has 1 aromatic carbocycles. The molecular formula is C22H28N4O5. The Kier molecular flexibility index (Phi) is 7.53. The first kappa shape index (κ1) is 22.2. The minimum atomic E-state index is -0.422. The lowest BCUT2D eigenvalue weighted by Crippen LogP contribution is -2.36. The van der Waals surface area contributed by atoms with Gasteiger partial charge in [-0.05, 0) is 42.7 Å². The second-order valence-electron chi connectivity index (χ2n) is 7.09. The van der Waals surface area contributed by atoms with Gasteiger partial charge in [-0.25, -0.2) is 4.98 Å². The van der Waals surface area contributed by atoms with Crippen LogP contribution in [0.15, 0.2) is 30.5 Å². The molecule has 1 saturated heterocycles. The number of aromatic nitrogens is 1. The van der Waals surface area contributed by atoms with E-state index in [4.69, 9.17) is 14.2 Å². The first-order chi connectivity index (χ1) is 15.0. The highest BCUT2D eigenvalue weighted by atomic mass is 16.5. The van der Waals surface area contributed by atoms with E-state index in [1.807, 2.05) is 12.1 Å². The third-order valence-corrected chi connectivity index (χ3v) is 5.07. The maximum Gasteiger partial charge on any atom is 0.251 e. The molecule has 0 saturated carbocycles. The normalized spacial score (nSPS) is 12.9. The second kappa shape index (κ2) is 10.5. The zero-order valence-corrected chi connectivity index (χ0v) is 18.1. The average Bonchev–Trinajstić information content (AvgIpc) is 3.35. The molecule has 0 radical (unpaired) electrons. The van der Waals surface area contributed by atoms with Crippen LogP contribution in [-0.2, 0) is 11.3 Å². The van der Waals surface area contributed by atoms with E-state index in [0.717, 1.165) is 24.5 Å². The highest BCUT2D eigenvalue weighted by Gasteiger charge is 2.18.